The lowest BCUT2D eigenvalue weighted by Crippen LogP contribution is -2.04. The van der Waals surface area contributed by atoms with E-state index >= 15 is 0 Å². The van der Waals surface area contributed by atoms with Crippen molar-refractivity contribution in [2.24, 2.45) is 0 Å². The van der Waals surface area contributed by atoms with Crippen LogP contribution in [0.25, 0.3) is 0 Å². The van der Waals surface area contributed by atoms with Crippen molar-refractivity contribution >= 4 is 26.1 Å². The maximum absolute atomic E-state index is 5.71. The van der Waals surface area contributed by atoms with Crippen molar-refractivity contribution in [2.45, 2.75) is 6.54 Å². The third kappa shape index (κ3) is 2.44. The van der Waals surface area contributed by atoms with Gasteiger partial charge in [-0.2, -0.15) is 5.10 Å². The predicted molar refractivity (Wildman–Crippen MR) is 48.5 cm³/mol. The van der Waals surface area contributed by atoms with Gasteiger partial charge in [-0.05, 0) is 0 Å². The van der Waals surface area contributed by atoms with Gasteiger partial charge in [-0.25, -0.2) is 0 Å². The molecule has 1 unspecified atom stereocenters. The smallest absolute Gasteiger partial charge is 0.158 e. The molecule has 0 aromatic carbocycles. The summed E-state index contributed by atoms with van der Waals surface area (Å²) < 4.78 is 6.64. The molecule has 0 spiro atoms. The largest absolute Gasteiger partial charge is 0.383 e. The average Bonchev–Trinajstić information content (AvgIpc) is 2.28. The highest BCUT2D eigenvalue weighted by Crippen LogP contribution is 2.03. The molecule has 0 bridgehead atoms. The monoisotopic (exact) mass is 192 g/mol. The molecule has 0 saturated heterocycles. The van der Waals surface area contributed by atoms with Gasteiger partial charge in [0.2, 0.25) is 0 Å². The van der Waals surface area contributed by atoms with Crippen LogP contribution in [0.3, 0.4) is 0 Å². The first kappa shape index (κ1) is 8.98. The second-order valence-electron chi connectivity index (χ2n) is 2.13. The van der Waals surface area contributed by atoms with Crippen LogP contribution in [0, 0.1) is 0 Å². The molecule has 5 heteroatoms. The first-order chi connectivity index (χ1) is 5.24. The normalized spacial score (nSPS) is 10.5. The molecule has 0 aliphatic rings. The summed E-state index contributed by atoms with van der Waals surface area (Å²) in [5.74, 6) is 0. The van der Waals surface area contributed by atoms with E-state index in [1.54, 1.807) is 11.8 Å². The molecule has 11 heavy (non-hydrogen) atoms. The van der Waals surface area contributed by atoms with E-state index < -0.39 is 0 Å². The first-order valence-electron chi connectivity index (χ1n) is 3.21. The van der Waals surface area contributed by atoms with Gasteiger partial charge in [0.25, 0.3) is 0 Å². The zero-order valence-electron chi connectivity index (χ0n) is 6.25. The van der Waals surface area contributed by atoms with E-state index in [1.807, 2.05) is 6.20 Å². The van der Waals surface area contributed by atoms with Gasteiger partial charge in [0, 0.05) is 18.6 Å². The number of methoxy groups -OCH3 is 1. The van der Waals surface area contributed by atoms with E-state index in [0.717, 1.165) is 11.8 Å². The van der Waals surface area contributed by atoms with Crippen LogP contribution in [0.5, 0.6) is 0 Å². The molecular formula is C6H10ClN2OP. The van der Waals surface area contributed by atoms with E-state index in [-0.39, 0.29) is 0 Å². The maximum atomic E-state index is 5.71. The standard InChI is InChI=1S/C6H10ClN2OP/c1-10-3-2-9-4-5(11)6(7)8-9/h4H,2-3,11H2,1H3. The molecule has 0 aliphatic heterocycles. The minimum atomic E-state index is 0.533. The summed E-state index contributed by atoms with van der Waals surface area (Å²) in [6, 6.07) is 0. The van der Waals surface area contributed by atoms with Gasteiger partial charge in [-0.3, -0.25) is 4.68 Å². The summed E-state index contributed by atoms with van der Waals surface area (Å²) in [6.07, 6.45) is 1.87. The summed E-state index contributed by atoms with van der Waals surface area (Å²) >= 11 is 5.71. The van der Waals surface area contributed by atoms with E-state index in [2.05, 4.69) is 14.3 Å². The number of ether oxygens (including phenoxy) is 1. The molecule has 1 atom stereocenters. The molecule has 1 rings (SSSR count). The number of rotatable bonds is 3. The van der Waals surface area contributed by atoms with Crippen LogP contribution in [0.1, 0.15) is 0 Å². The summed E-state index contributed by atoms with van der Waals surface area (Å²) in [7, 11) is 4.18. The first-order valence-corrected chi connectivity index (χ1v) is 4.17. The minimum Gasteiger partial charge on any atom is -0.383 e. The van der Waals surface area contributed by atoms with Crippen molar-refractivity contribution in [1.29, 1.82) is 0 Å². The lowest BCUT2D eigenvalue weighted by Gasteiger charge is -1.97. The number of hydrogen-bond acceptors (Lipinski definition) is 2. The Morgan fingerprint density at radius 2 is 2.55 bits per heavy atom. The van der Waals surface area contributed by atoms with Gasteiger partial charge >= 0.3 is 0 Å². The van der Waals surface area contributed by atoms with Crippen molar-refractivity contribution in [3.05, 3.63) is 11.3 Å². The Labute approximate surface area is 72.9 Å². The molecule has 0 aliphatic carbocycles. The third-order valence-electron chi connectivity index (χ3n) is 1.27. The van der Waals surface area contributed by atoms with Gasteiger partial charge in [-0.15, -0.1) is 9.24 Å². The summed E-state index contributed by atoms with van der Waals surface area (Å²) in [4.78, 5) is 0. The fourth-order valence-corrected chi connectivity index (χ4v) is 1.09. The van der Waals surface area contributed by atoms with E-state index in [9.17, 15) is 0 Å². The van der Waals surface area contributed by atoms with Gasteiger partial charge in [0.05, 0.1) is 13.2 Å². The lowest BCUT2D eigenvalue weighted by atomic mass is 10.7. The Morgan fingerprint density at radius 3 is 3.00 bits per heavy atom. The average molecular weight is 193 g/mol. The van der Waals surface area contributed by atoms with Crippen LogP contribution >= 0.6 is 20.8 Å². The molecule has 0 fully saturated rings. The number of nitrogens with zero attached hydrogens (tertiary/aromatic N) is 2. The Morgan fingerprint density at radius 1 is 1.82 bits per heavy atom. The van der Waals surface area contributed by atoms with Crippen LogP contribution in [0.15, 0.2) is 6.20 Å². The molecule has 1 heterocycles. The predicted octanol–water partition coefficient (Wildman–Crippen LogP) is 0.683. The zero-order valence-corrected chi connectivity index (χ0v) is 8.16. The van der Waals surface area contributed by atoms with Crippen molar-refractivity contribution in [2.75, 3.05) is 13.7 Å². The third-order valence-corrected chi connectivity index (χ3v) is 2.17. The molecule has 1 aromatic heterocycles. The van der Waals surface area contributed by atoms with Crippen LogP contribution in [0.4, 0.5) is 0 Å². The van der Waals surface area contributed by atoms with Crippen LogP contribution in [0.2, 0.25) is 5.15 Å². The van der Waals surface area contributed by atoms with Gasteiger partial charge in [0.1, 0.15) is 0 Å². The maximum Gasteiger partial charge on any atom is 0.158 e. The highest BCUT2D eigenvalue weighted by atomic mass is 35.5. The SMILES string of the molecule is COCCn1cc(P)c(Cl)n1. The Balaban J connectivity index is 2.58. The quantitative estimate of drug-likeness (QED) is 0.659. The van der Waals surface area contributed by atoms with Crippen molar-refractivity contribution in [1.82, 2.24) is 9.78 Å². The lowest BCUT2D eigenvalue weighted by molar-refractivity contribution is 0.183. The number of hydrogen-bond donors (Lipinski definition) is 0. The second kappa shape index (κ2) is 4.05. The molecule has 0 radical (unpaired) electrons. The molecule has 62 valence electrons. The highest BCUT2D eigenvalue weighted by molar-refractivity contribution is 7.27. The highest BCUT2D eigenvalue weighted by Gasteiger charge is 2.00. The Hall–Kier alpha value is -0.110. The topological polar surface area (TPSA) is 27.1 Å². The molecule has 1 aromatic rings. The molecular weight excluding hydrogens is 183 g/mol. The van der Waals surface area contributed by atoms with E-state index in [1.165, 1.54) is 0 Å². The summed E-state index contributed by atoms with van der Waals surface area (Å²) in [6.45, 7) is 1.40. The van der Waals surface area contributed by atoms with Crippen LogP contribution in [-0.2, 0) is 11.3 Å². The fraction of sp³-hybridized carbons (Fsp3) is 0.500. The van der Waals surface area contributed by atoms with Crippen LogP contribution < -0.4 is 5.30 Å². The Kier molecular flexibility index (Phi) is 3.31. The Bertz CT molecular complexity index is 219. The van der Waals surface area contributed by atoms with Crippen molar-refractivity contribution < 1.29 is 4.74 Å². The van der Waals surface area contributed by atoms with Gasteiger partial charge in [-0.1, -0.05) is 11.6 Å². The zero-order chi connectivity index (χ0) is 8.27. The summed E-state index contributed by atoms with van der Waals surface area (Å²) in [5, 5.41) is 5.48. The molecule has 3 nitrogen and oxygen atoms in total. The molecule has 0 saturated carbocycles. The number of aromatic nitrogens is 2. The molecule has 0 amide bonds. The second-order valence-corrected chi connectivity index (χ2v) is 3.11. The van der Waals surface area contributed by atoms with Gasteiger partial charge in [0.15, 0.2) is 5.15 Å². The van der Waals surface area contributed by atoms with E-state index in [4.69, 9.17) is 16.3 Å². The van der Waals surface area contributed by atoms with Crippen molar-refractivity contribution in [3.8, 4) is 0 Å². The van der Waals surface area contributed by atoms with Gasteiger partial charge < -0.3 is 4.74 Å². The minimum absolute atomic E-state index is 0.533. The van der Waals surface area contributed by atoms with Crippen LogP contribution in [-0.4, -0.2) is 23.5 Å². The van der Waals surface area contributed by atoms with Crippen molar-refractivity contribution in [3.63, 3.8) is 0 Å². The summed E-state index contributed by atoms with van der Waals surface area (Å²) in [5.41, 5.74) is 0. The van der Waals surface area contributed by atoms with E-state index in [0.29, 0.717) is 11.8 Å². The fourth-order valence-electron chi connectivity index (χ4n) is 0.713. The molecule has 0 N–H and O–H groups in total. The number of halogens is 1.